The van der Waals surface area contributed by atoms with Gasteiger partial charge in [-0.2, -0.15) is 5.10 Å². The summed E-state index contributed by atoms with van der Waals surface area (Å²) in [6.07, 6.45) is 4.30. The molecule has 6 heteroatoms. The monoisotopic (exact) mass is 316 g/mol. The molecule has 0 aliphatic carbocycles. The lowest BCUT2D eigenvalue weighted by atomic mass is 9.99. The Morgan fingerprint density at radius 2 is 2.09 bits per heavy atom. The van der Waals surface area contributed by atoms with Crippen molar-refractivity contribution in [3.05, 3.63) is 41.9 Å². The first-order chi connectivity index (χ1) is 11.0. The Labute approximate surface area is 134 Å². The zero-order valence-electron chi connectivity index (χ0n) is 13.3. The summed E-state index contributed by atoms with van der Waals surface area (Å²) in [7, 11) is 1.78. The van der Waals surface area contributed by atoms with E-state index in [1.807, 2.05) is 19.1 Å². The molecule has 1 aliphatic rings. The van der Waals surface area contributed by atoms with E-state index in [0.29, 0.717) is 28.2 Å². The molecule has 2 bridgehead atoms. The number of allylic oxidation sites excluding steroid dienone is 1. The van der Waals surface area contributed by atoms with Gasteiger partial charge in [-0.3, -0.25) is 4.68 Å². The molecular formula is C17H21FN4O. The second-order valence-electron chi connectivity index (χ2n) is 6.06. The number of hydrogen-bond acceptors (Lipinski definition) is 4. The third kappa shape index (κ3) is 3.07. The summed E-state index contributed by atoms with van der Waals surface area (Å²) >= 11 is 0. The first-order valence-corrected chi connectivity index (χ1v) is 7.69. The number of anilines is 1. The minimum atomic E-state index is -0.708. The number of halogens is 1. The summed E-state index contributed by atoms with van der Waals surface area (Å²) in [5.41, 5.74) is 9.35. The Hall–Kier alpha value is -2.34. The van der Waals surface area contributed by atoms with Crippen molar-refractivity contribution in [3.63, 3.8) is 0 Å². The van der Waals surface area contributed by atoms with Crippen LogP contribution in [-0.4, -0.2) is 21.1 Å². The van der Waals surface area contributed by atoms with Crippen LogP contribution in [0.2, 0.25) is 0 Å². The smallest absolute Gasteiger partial charge is 0.127 e. The van der Waals surface area contributed by atoms with E-state index in [1.165, 1.54) is 12.1 Å². The molecule has 5 nitrogen and oxygen atoms in total. The standard InChI is InChI=1S/C17H21FN4O/c1-10-4-3-5-14(19)11-6-12(8-13(18)7-11)16-15(21-17(10)23)9-20-22(16)2/h5-10,17,21,23H,3-4,19H2,1-2H3/b14-5+/t10-,17?/m1/s1. The molecule has 2 heterocycles. The first-order valence-electron chi connectivity index (χ1n) is 7.69. The molecule has 0 saturated carbocycles. The van der Waals surface area contributed by atoms with Gasteiger partial charge < -0.3 is 16.2 Å². The fourth-order valence-electron chi connectivity index (χ4n) is 2.86. The number of hydrogen-bond donors (Lipinski definition) is 3. The average Bonchev–Trinajstić information content (AvgIpc) is 2.86. The van der Waals surface area contributed by atoms with Crippen molar-refractivity contribution in [3.8, 4) is 11.3 Å². The first kappa shape index (κ1) is 15.6. The Kier molecular flexibility index (Phi) is 4.09. The van der Waals surface area contributed by atoms with Gasteiger partial charge in [0.2, 0.25) is 0 Å². The number of nitrogens with zero attached hydrogens (tertiary/aromatic N) is 2. The number of nitrogens with one attached hydrogen (secondary N) is 1. The Balaban J connectivity index is 2.19. The van der Waals surface area contributed by atoms with Crippen LogP contribution in [0.3, 0.4) is 0 Å². The zero-order chi connectivity index (χ0) is 16.6. The van der Waals surface area contributed by atoms with Crippen LogP contribution in [0.4, 0.5) is 10.1 Å². The average molecular weight is 316 g/mol. The number of aliphatic hydroxyl groups is 1. The zero-order valence-corrected chi connectivity index (χ0v) is 13.3. The molecule has 0 spiro atoms. The minimum absolute atomic E-state index is 0.0432. The molecule has 2 atom stereocenters. The van der Waals surface area contributed by atoms with E-state index in [9.17, 15) is 9.50 Å². The molecule has 0 radical (unpaired) electrons. The summed E-state index contributed by atoms with van der Waals surface area (Å²) in [4.78, 5) is 0. The van der Waals surface area contributed by atoms with Crippen LogP contribution in [0.15, 0.2) is 30.5 Å². The Morgan fingerprint density at radius 3 is 2.87 bits per heavy atom. The lowest BCUT2D eigenvalue weighted by Crippen LogP contribution is -2.27. The molecule has 1 aliphatic heterocycles. The lowest BCUT2D eigenvalue weighted by molar-refractivity contribution is 0.139. The number of aliphatic hydroxyl groups excluding tert-OH is 1. The highest BCUT2D eigenvalue weighted by atomic mass is 19.1. The van der Waals surface area contributed by atoms with Crippen molar-refractivity contribution in [1.82, 2.24) is 9.78 Å². The van der Waals surface area contributed by atoms with E-state index in [2.05, 4.69) is 10.4 Å². The molecule has 0 fully saturated rings. The van der Waals surface area contributed by atoms with Gasteiger partial charge in [0.05, 0.1) is 17.6 Å². The molecule has 1 unspecified atom stereocenters. The number of aromatic nitrogens is 2. The summed E-state index contributed by atoms with van der Waals surface area (Å²) in [6.45, 7) is 1.97. The van der Waals surface area contributed by atoms with E-state index in [4.69, 9.17) is 5.73 Å². The highest BCUT2D eigenvalue weighted by Gasteiger charge is 2.19. The molecule has 0 saturated heterocycles. The van der Waals surface area contributed by atoms with Gasteiger partial charge in [-0.25, -0.2) is 4.39 Å². The highest BCUT2D eigenvalue weighted by Crippen LogP contribution is 2.31. The predicted molar refractivity (Wildman–Crippen MR) is 88.8 cm³/mol. The van der Waals surface area contributed by atoms with Gasteiger partial charge in [0, 0.05) is 29.8 Å². The van der Waals surface area contributed by atoms with E-state index in [1.54, 1.807) is 17.9 Å². The summed E-state index contributed by atoms with van der Waals surface area (Å²) in [5, 5.41) is 17.7. The van der Waals surface area contributed by atoms with Gasteiger partial charge in [0.15, 0.2) is 0 Å². The number of rotatable bonds is 0. The second-order valence-corrected chi connectivity index (χ2v) is 6.06. The van der Waals surface area contributed by atoms with Crippen LogP contribution in [0, 0.1) is 11.7 Å². The number of fused-ring (bicyclic) bond motifs is 4. The molecule has 2 aromatic rings. The maximum absolute atomic E-state index is 14.0. The molecule has 122 valence electrons. The SMILES string of the molecule is C[C@@H]1CC/C=C(/N)c2cc(F)cc(c2)-c2c(cnn2C)NC1O. The summed E-state index contributed by atoms with van der Waals surface area (Å²) in [6, 6.07) is 4.72. The largest absolute Gasteiger partial charge is 0.399 e. The number of aryl methyl sites for hydroxylation is 1. The summed E-state index contributed by atoms with van der Waals surface area (Å²) in [5.74, 6) is -0.311. The normalized spacial score (nSPS) is 23.7. The van der Waals surface area contributed by atoms with Gasteiger partial charge >= 0.3 is 0 Å². The van der Waals surface area contributed by atoms with Crippen LogP contribution >= 0.6 is 0 Å². The topological polar surface area (TPSA) is 76.1 Å². The Bertz CT molecular complexity index is 753. The van der Waals surface area contributed by atoms with Crippen LogP contribution in [0.5, 0.6) is 0 Å². The van der Waals surface area contributed by atoms with E-state index in [0.717, 1.165) is 12.8 Å². The maximum atomic E-state index is 14.0. The minimum Gasteiger partial charge on any atom is -0.399 e. The van der Waals surface area contributed by atoms with Crippen LogP contribution in [-0.2, 0) is 7.05 Å². The molecule has 0 amide bonds. The van der Waals surface area contributed by atoms with Gasteiger partial charge in [0.1, 0.15) is 12.0 Å². The lowest BCUT2D eigenvalue weighted by Gasteiger charge is -2.21. The number of nitrogens with two attached hydrogens (primary N) is 1. The molecule has 3 rings (SSSR count). The molecular weight excluding hydrogens is 295 g/mol. The predicted octanol–water partition coefficient (Wildman–Crippen LogP) is 2.69. The van der Waals surface area contributed by atoms with Crippen LogP contribution < -0.4 is 11.1 Å². The third-order valence-electron chi connectivity index (χ3n) is 4.27. The van der Waals surface area contributed by atoms with Crippen molar-refractivity contribution in [2.75, 3.05) is 5.32 Å². The van der Waals surface area contributed by atoms with Crippen LogP contribution in [0.1, 0.15) is 25.3 Å². The van der Waals surface area contributed by atoms with Crippen molar-refractivity contribution in [2.45, 2.75) is 26.0 Å². The van der Waals surface area contributed by atoms with E-state index < -0.39 is 6.23 Å². The molecule has 4 N–H and O–H groups in total. The summed E-state index contributed by atoms with van der Waals surface area (Å²) < 4.78 is 15.7. The van der Waals surface area contributed by atoms with Gasteiger partial charge in [-0.05, 0) is 31.0 Å². The van der Waals surface area contributed by atoms with E-state index in [-0.39, 0.29) is 11.7 Å². The number of benzene rings is 1. The second kappa shape index (κ2) is 6.04. The molecule has 23 heavy (non-hydrogen) atoms. The van der Waals surface area contributed by atoms with Gasteiger partial charge in [0.25, 0.3) is 0 Å². The van der Waals surface area contributed by atoms with Gasteiger partial charge in [-0.15, -0.1) is 0 Å². The fourth-order valence-corrected chi connectivity index (χ4v) is 2.86. The maximum Gasteiger partial charge on any atom is 0.127 e. The molecule has 1 aromatic heterocycles. The quantitative estimate of drug-likeness (QED) is 0.698. The van der Waals surface area contributed by atoms with Gasteiger partial charge in [-0.1, -0.05) is 13.0 Å². The van der Waals surface area contributed by atoms with E-state index >= 15 is 0 Å². The highest BCUT2D eigenvalue weighted by molar-refractivity contribution is 5.77. The van der Waals surface area contributed by atoms with Crippen LogP contribution in [0.25, 0.3) is 17.0 Å². The fraction of sp³-hybridized carbons (Fsp3) is 0.353. The van der Waals surface area contributed by atoms with Crippen molar-refractivity contribution >= 4 is 11.4 Å². The van der Waals surface area contributed by atoms with Crippen molar-refractivity contribution in [2.24, 2.45) is 18.7 Å². The Morgan fingerprint density at radius 1 is 1.35 bits per heavy atom. The third-order valence-corrected chi connectivity index (χ3v) is 4.27. The van der Waals surface area contributed by atoms with Crippen molar-refractivity contribution in [1.29, 1.82) is 0 Å². The molecule has 1 aromatic carbocycles. The van der Waals surface area contributed by atoms with Crippen molar-refractivity contribution < 1.29 is 9.50 Å².